The predicted molar refractivity (Wildman–Crippen MR) is 79.0 cm³/mol. The smallest absolute Gasteiger partial charge is 0.246 e. The molecule has 0 radical (unpaired) electrons. The lowest BCUT2D eigenvalue weighted by Gasteiger charge is -2.06. The van der Waals surface area contributed by atoms with E-state index >= 15 is 0 Å². The van der Waals surface area contributed by atoms with Crippen LogP contribution in [0.1, 0.15) is 12.6 Å². The Morgan fingerprint density at radius 2 is 2.10 bits per heavy atom. The second-order valence-electron chi connectivity index (χ2n) is 4.46. The molecule has 1 aromatic carbocycles. The van der Waals surface area contributed by atoms with E-state index in [0.717, 1.165) is 18.0 Å². The molecule has 7 heteroatoms. The van der Waals surface area contributed by atoms with Crippen molar-refractivity contribution >= 4 is 11.6 Å². The molecule has 2 N–H and O–H groups in total. The lowest BCUT2D eigenvalue weighted by Crippen LogP contribution is -2.19. The normalized spacial score (nSPS) is 10.4. The van der Waals surface area contributed by atoms with Gasteiger partial charge in [-0.05, 0) is 30.8 Å². The van der Waals surface area contributed by atoms with Crippen molar-refractivity contribution in [2.45, 2.75) is 20.0 Å². The monoisotopic (exact) mass is 289 g/mol. The van der Waals surface area contributed by atoms with Gasteiger partial charge < -0.3 is 15.4 Å². The molecule has 0 saturated heterocycles. The van der Waals surface area contributed by atoms with Crippen molar-refractivity contribution in [3.63, 3.8) is 0 Å². The van der Waals surface area contributed by atoms with E-state index in [9.17, 15) is 4.79 Å². The molecular weight excluding hydrogens is 270 g/mol. The van der Waals surface area contributed by atoms with Gasteiger partial charge in [0.2, 0.25) is 5.91 Å². The van der Waals surface area contributed by atoms with Crippen molar-refractivity contribution in [1.82, 2.24) is 20.3 Å². The zero-order chi connectivity index (χ0) is 15.1. The molecule has 1 heterocycles. The van der Waals surface area contributed by atoms with Gasteiger partial charge in [0, 0.05) is 12.2 Å². The van der Waals surface area contributed by atoms with Crippen LogP contribution in [0.5, 0.6) is 5.75 Å². The van der Waals surface area contributed by atoms with Gasteiger partial charge in [0.25, 0.3) is 0 Å². The number of anilines is 1. The first-order valence-electron chi connectivity index (χ1n) is 6.75. The van der Waals surface area contributed by atoms with Gasteiger partial charge in [-0.25, -0.2) is 4.68 Å². The molecule has 0 saturated carbocycles. The van der Waals surface area contributed by atoms with Crippen LogP contribution in [0.2, 0.25) is 0 Å². The lowest BCUT2D eigenvalue weighted by molar-refractivity contribution is -0.116. The van der Waals surface area contributed by atoms with Gasteiger partial charge in [-0.1, -0.05) is 12.1 Å². The third-order valence-electron chi connectivity index (χ3n) is 2.82. The van der Waals surface area contributed by atoms with Crippen molar-refractivity contribution in [1.29, 1.82) is 0 Å². The fourth-order valence-corrected chi connectivity index (χ4v) is 1.77. The van der Waals surface area contributed by atoms with Crippen LogP contribution in [0, 0.1) is 0 Å². The third kappa shape index (κ3) is 4.57. The number of carbonyl (C=O) groups excluding carboxylic acids is 1. The van der Waals surface area contributed by atoms with Crippen molar-refractivity contribution in [3.05, 3.63) is 36.2 Å². The summed E-state index contributed by atoms with van der Waals surface area (Å²) in [6.45, 7) is 3.67. The van der Waals surface area contributed by atoms with Crippen LogP contribution in [-0.2, 0) is 17.9 Å². The van der Waals surface area contributed by atoms with Crippen molar-refractivity contribution < 1.29 is 9.53 Å². The molecule has 7 nitrogen and oxygen atoms in total. The zero-order valence-electron chi connectivity index (χ0n) is 12.2. The van der Waals surface area contributed by atoms with Crippen LogP contribution >= 0.6 is 0 Å². The SMILES string of the molecule is CCNCc1cn(CC(=O)Nc2ccc(OC)cc2)nn1. The average Bonchev–Trinajstić information content (AvgIpc) is 2.93. The third-order valence-corrected chi connectivity index (χ3v) is 2.82. The standard InChI is InChI=1S/C14H19N5O2/c1-3-15-8-12-9-19(18-17-12)10-14(20)16-11-4-6-13(21-2)7-5-11/h4-7,9,15H,3,8,10H2,1-2H3,(H,16,20). The maximum atomic E-state index is 11.9. The van der Waals surface area contributed by atoms with Crippen LogP contribution < -0.4 is 15.4 Å². The quantitative estimate of drug-likeness (QED) is 0.796. The highest BCUT2D eigenvalue weighted by Crippen LogP contribution is 2.14. The molecule has 2 aromatic rings. The number of amides is 1. The largest absolute Gasteiger partial charge is 0.497 e. The molecule has 1 aromatic heterocycles. The summed E-state index contributed by atoms with van der Waals surface area (Å²) in [7, 11) is 1.60. The number of benzene rings is 1. The second kappa shape index (κ2) is 7.39. The van der Waals surface area contributed by atoms with Gasteiger partial charge in [0.05, 0.1) is 19.0 Å². The number of aromatic nitrogens is 3. The first-order chi connectivity index (χ1) is 10.2. The summed E-state index contributed by atoms with van der Waals surface area (Å²) >= 11 is 0. The van der Waals surface area contributed by atoms with E-state index in [1.807, 2.05) is 6.92 Å². The highest BCUT2D eigenvalue weighted by atomic mass is 16.5. The highest BCUT2D eigenvalue weighted by Gasteiger charge is 2.06. The number of hydrogen-bond donors (Lipinski definition) is 2. The van der Waals surface area contributed by atoms with Gasteiger partial charge in [0.1, 0.15) is 12.3 Å². The van der Waals surface area contributed by atoms with Gasteiger partial charge >= 0.3 is 0 Å². The number of rotatable bonds is 7. The van der Waals surface area contributed by atoms with E-state index in [1.165, 1.54) is 4.68 Å². The summed E-state index contributed by atoms with van der Waals surface area (Å²) in [6.07, 6.45) is 1.76. The maximum absolute atomic E-state index is 11.9. The van der Waals surface area contributed by atoms with E-state index in [2.05, 4.69) is 20.9 Å². The minimum atomic E-state index is -0.153. The topological polar surface area (TPSA) is 81.1 Å². The van der Waals surface area contributed by atoms with Gasteiger partial charge in [0.15, 0.2) is 0 Å². The average molecular weight is 289 g/mol. The Labute approximate surface area is 123 Å². The highest BCUT2D eigenvalue weighted by molar-refractivity contribution is 5.90. The Balaban J connectivity index is 1.87. The first-order valence-corrected chi connectivity index (χ1v) is 6.75. The molecule has 0 aliphatic rings. The summed E-state index contributed by atoms with van der Waals surface area (Å²) in [6, 6.07) is 7.16. The summed E-state index contributed by atoms with van der Waals surface area (Å²) in [5.74, 6) is 0.595. The van der Waals surface area contributed by atoms with Crippen molar-refractivity contribution in [2.24, 2.45) is 0 Å². The van der Waals surface area contributed by atoms with Crippen LogP contribution in [0.4, 0.5) is 5.69 Å². The number of nitrogens with zero attached hydrogens (tertiary/aromatic N) is 3. The Hall–Kier alpha value is -2.41. The fourth-order valence-electron chi connectivity index (χ4n) is 1.77. The Morgan fingerprint density at radius 3 is 2.76 bits per heavy atom. The molecular formula is C14H19N5O2. The molecule has 0 aliphatic heterocycles. The van der Waals surface area contributed by atoms with E-state index in [4.69, 9.17) is 4.74 Å². The number of nitrogens with one attached hydrogen (secondary N) is 2. The van der Waals surface area contributed by atoms with E-state index in [0.29, 0.717) is 12.2 Å². The van der Waals surface area contributed by atoms with Crippen molar-refractivity contribution in [2.75, 3.05) is 19.0 Å². The first kappa shape index (κ1) is 15.0. The number of ether oxygens (including phenoxy) is 1. The van der Waals surface area contributed by atoms with Gasteiger partial charge in [-0.2, -0.15) is 0 Å². The minimum absolute atomic E-state index is 0.130. The van der Waals surface area contributed by atoms with E-state index in [1.54, 1.807) is 37.6 Å². The zero-order valence-corrected chi connectivity index (χ0v) is 12.2. The molecule has 112 valence electrons. The maximum Gasteiger partial charge on any atom is 0.246 e. The molecule has 2 rings (SSSR count). The fraction of sp³-hybridized carbons (Fsp3) is 0.357. The Kier molecular flexibility index (Phi) is 5.28. The molecule has 0 spiro atoms. The summed E-state index contributed by atoms with van der Waals surface area (Å²) < 4.78 is 6.58. The lowest BCUT2D eigenvalue weighted by atomic mass is 10.3. The van der Waals surface area contributed by atoms with E-state index < -0.39 is 0 Å². The number of carbonyl (C=O) groups is 1. The minimum Gasteiger partial charge on any atom is -0.497 e. The summed E-state index contributed by atoms with van der Waals surface area (Å²) in [5.41, 5.74) is 1.53. The Morgan fingerprint density at radius 1 is 1.33 bits per heavy atom. The number of methoxy groups -OCH3 is 1. The molecule has 0 fully saturated rings. The molecule has 0 unspecified atom stereocenters. The summed E-state index contributed by atoms with van der Waals surface area (Å²) in [5, 5.41) is 13.9. The number of hydrogen-bond acceptors (Lipinski definition) is 5. The molecule has 0 aliphatic carbocycles. The van der Waals surface area contributed by atoms with Crippen LogP contribution in [-0.4, -0.2) is 34.6 Å². The van der Waals surface area contributed by atoms with Gasteiger partial charge in [-0.3, -0.25) is 4.79 Å². The molecule has 1 amide bonds. The van der Waals surface area contributed by atoms with Crippen LogP contribution in [0.25, 0.3) is 0 Å². The molecule has 0 bridgehead atoms. The molecule has 0 atom stereocenters. The summed E-state index contributed by atoms with van der Waals surface area (Å²) in [4.78, 5) is 11.9. The predicted octanol–water partition coefficient (Wildman–Crippen LogP) is 1.03. The second-order valence-corrected chi connectivity index (χ2v) is 4.46. The van der Waals surface area contributed by atoms with Crippen molar-refractivity contribution in [3.8, 4) is 5.75 Å². The van der Waals surface area contributed by atoms with E-state index in [-0.39, 0.29) is 12.5 Å². The van der Waals surface area contributed by atoms with Gasteiger partial charge in [-0.15, -0.1) is 5.10 Å². The van der Waals surface area contributed by atoms with Crippen LogP contribution in [0.3, 0.4) is 0 Å². The Bertz CT molecular complexity index is 579. The van der Waals surface area contributed by atoms with Crippen LogP contribution in [0.15, 0.2) is 30.5 Å². The molecule has 21 heavy (non-hydrogen) atoms.